The smallest absolute Gasteiger partial charge is 0.234 e. The van der Waals surface area contributed by atoms with Gasteiger partial charge < -0.3 is 10.6 Å². The molecule has 1 amide bonds. The van der Waals surface area contributed by atoms with Gasteiger partial charge in [-0.25, -0.2) is 0 Å². The number of halogens is 1. The van der Waals surface area contributed by atoms with E-state index >= 15 is 0 Å². The summed E-state index contributed by atoms with van der Waals surface area (Å²) >= 11 is 5.39. The van der Waals surface area contributed by atoms with Gasteiger partial charge in [0, 0.05) is 24.2 Å². The molecule has 0 aliphatic carbocycles. The Morgan fingerprint density at radius 1 is 1.06 bits per heavy atom. The van der Waals surface area contributed by atoms with Crippen molar-refractivity contribution in [2.24, 2.45) is 0 Å². The van der Waals surface area contributed by atoms with Crippen molar-refractivity contribution >= 4 is 34.0 Å². The van der Waals surface area contributed by atoms with Crippen molar-refractivity contribution in [2.45, 2.75) is 0 Å². The van der Waals surface area contributed by atoms with Crippen molar-refractivity contribution < 1.29 is 4.79 Å². The van der Waals surface area contributed by atoms with Gasteiger partial charge in [-0.1, -0.05) is 36.4 Å². The van der Waals surface area contributed by atoms with Crippen LogP contribution in [0.2, 0.25) is 0 Å². The molecule has 2 rings (SSSR count). The lowest BCUT2D eigenvalue weighted by Gasteiger charge is -2.10. The van der Waals surface area contributed by atoms with E-state index in [0.29, 0.717) is 13.1 Å². The van der Waals surface area contributed by atoms with E-state index in [1.807, 2.05) is 24.3 Å². The summed E-state index contributed by atoms with van der Waals surface area (Å²) in [6, 6.07) is 14.3. The highest BCUT2D eigenvalue weighted by atomic mass is 35.5. The SMILES string of the molecule is O=C(CCl)NCCNc1cccc2ccccc12. The van der Waals surface area contributed by atoms with Crippen molar-refractivity contribution in [2.75, 3.05) is 24.3 Å². The van der Waals surface area contributed by atoms with Crippen LogP contribution >= 0.6 is 11.6 Å². The number of alkyl halides is 1. The van der Waals surface area contributed by atoms with Gasteiger partial charge in [-0.3, -0.25) is 4.79 Å². The first-order valence-corrected chi connectivity index (χ1v) is 6.39. The molecule has 0 radical (unpaired) electrons. The van der Waals surface area contributed by atoms with E-state index in [9.17, 15) is 4.79 Å². The Morgan fingerprint density at radius 3 is 2.67 bits per heavy atom. The molecule has 0 bridgehead atoms. The normalized spacial score (nSPS) is 10.3. The Bertz CT molecular complexity index is 537. The van der Waals surface area contributed by atoms with E-state index in [2.05, 4.69) is 28.8 Å². The largest absolute Gasteiger partial charge is 0.383 e. The van der Waals surface area contributed by atoms with Crippen LogP contribution < -0.4 is 10.6 Å². The predicted octanol–water partition coefficient (Wildman–Crippen LogP) is 2.61. The summed E-state index contributed by atoms with van der Waals surface area (Å²) in [6.07, 6.45) is 0. The zero-order valence-electron chi connectivity index (χ0n) is 9.95. The minimum absolute atomic E-state index is 0.00820. The molecule has 4 heteroatoms. The zero-order chi connectivity index (χ0) is 12.8. The topological polar surface area (TPSA) is 41.1 Å². The van der Waals surface area contributed by atoms with Crippen LogP contribution in [0.5, 0.6) is 0 Å². The second-order valence-electron chi connectivity index (χ2n) is 3.94. The van der Waals surface area contributed by atoms with Crippen molar-refractivity contribution in [3.05, 3.63) is 42.5 Å². The molecule has 0 fully saturated rings. The first-order valence-electron chi connectivity index (χ1n) is 5.85. The minimum atomic E-state index is -0.142. The molecule has 0 aliphatic heterocycles. The van der Waals surface area contributed by atoms with Crippen LogP contribution in [0.3, 0.4) is 0 Å². The van der Waals surface area contributed by atoms with Crippen molar-refractivity contribution in [3.8, 4) is 0 Å². The quantitative estimate of drug-likeness (QED) is 0.642. The van der Waals surface area contributed by atoms with Gasteiger partial charge in [0.05, 0.1) is 0 Å². The number of fused-ring (bicyclic) bond motifs is 1. The fraction of sp³-hybridized carbons (Fsp3) is 0.214. The molecule has 3 nitrogen and oxygen atoms in total. The minimum Gasteiger partial charge on any atom is -0.383 e. The van der Waals surface area contributed by atoms with Crippen molar-refractivity contribution in [3.63, 3.8) is 0 Å². The highest BCUT2D eigenvalue weighted by molar-refractivity contribution is 6.27. The highest BCUT2D eigenvalue weighted by Gasteiger charge is 2.00. The van der Waals surface area contributed by atoms with Gasteiger partial charge in [0.2, 0.25) is 5.91 Å². The molecule has 94 valence electrons. The fourth-order valence-corrected chi connectivity index (χ4v) is 1.92. The van der Waals surface area contributed by atoms with Gasteiger partial charge >= 0.3 is 0 Å². The Labute approximate surface area is 111 Å². The summed E-state index contributed by atoms with van der Waals surface area (Å²) in [4.78, 5) is 11.0. The van der Waals surface area contributed by atoms with Crippen LogP contribution in [0.1, 0.15) is 0 Å². The van der Waals surface area contributed by atoms with Gasteiger partial charge in [0.1, 0.15) is 5.88 Å². The monoisotopic (exact) mass is 262 g/mol. The van der Waals surface area contributed by atoms with E-state index in [4.69, 9.17) is 11.6 Å². The lowest BCUT2D eigenvalue weighted by Crippen LogP contribution is -2.29. The average Bonchev–Trinajstić information content (AvgIpc) is 2.43. The molecule has 2 N–H and O–H groups in total. The molecule has 0 saturated carbocycles. The number of amides is 1. The third kappa shape index (κ3) is 3.14. The maximum atomic E-state index is 11.0. The Hall–Kier alpha value is -1.74. The lowest BCUT2D eigenvalue weighted by molar-refractivity contribution is -0.118. The number of carbonyl (C=O) groups is 1. The molecule has 0 heterocycles. The second kappa shape index (κ2) is 6.26. The number of carbonyl (C=O) groups excluding carboxylic acids is 1. The molecule has 2 aromatic rings. The number of benzene rings is 2. The second-order valence-corrected chi connectivity index (χ2v) is 4.20. The summed E-state index contributed by atoms with van der Waals surface area (Å²) in [5.41, 5.74) is 1.08. The predicted molar refractivity (Wildman–Crippen MR) is 76.2 cm³/mol. The van der Waals surface area contributed by atoms with E-state index in [0.717, 1.165) is 5.69 Å². The van der Waals surface area contributed by atoms with Gasteiger partial charge in [-0.2, -0.15) is 0 Å². The van der Waals surface area contributed by atoms with E-state index in [-0.39, 0.29) is 11.8 Å². The third-order valence-electron chi connectivity index (χ3n) is 2.67. The number of hydrogen-bond donors (Lipinski definition) is 2. The van der Waals surface area contributed by atoms with Gasteiger partial charge in [0.25, 0.3) is 0 Å². The molecular formula is C14H15ClN2O. The Morgan fingerprint density at radius 2 is 1.83 bits per heavy atom. The molecule has 0 aliphatic rings. The van der Waals surface area contributed by atoms with E-state index < -0.39 is 0 Å². The number of hydrogen-bond acceptors (Lipinski definition) is 2. The average molecular weight is 263 g/mol. The fourth-order valence-electron chi connectivity index (χ4n) is 1.83. The standard InChI is InChI=1S/C14H15ClN2O/c15-10-14(18)17-9-8-16-13-7-3-5-11-4-1-2-6-12(11)13/h1-7,16H,8-10H2,(H,17,18). The van der Waals surface area contributed by atoms with Gasteiger partial charge in [0.15, 0.2) is 0 Å². The zero-order valence-corrected chi connectivity index (χ0v) is 10.7. The number of nitrogens with one attached hydrogen (secondary N) is 2. The highest BCUT2D eigenvalue weighted by Crippen LogP contribution is 2.22. The maximum Gasteiger partial charge on any atom is 0.234 e. The van der Waals surface area contributed by atoms with E-state index in [1.54, 1.807) is 0 Å². The first-order chi connectivity index (χ1) is 8.81. The molecule has 0 spiro atoms. The van der Waals surface area contributed by atoms with Gasteiger partial charge in [-0.05, 0) is 11.5 Å². The van der Waals surface area contributed by atoms with E-state index in [1.165, 1.54) is 10.8 Å². The number of rotatable bonds is 5. The molecule has 2 aromatic carbocycles. The van der Waals surface area contributed by atoms with Crippen LogP contribution in [0.4, 0.5) is 5.69 Å². The van der Waals surface area contributed by atoms with Crippen molar-refractivity contribution in [1.82, 2.24) is 5.32 Å². The molecule has 0 aromatic heterocycles. The first kappa shape index (κ1) is 12.7. The Kier molecular flexibility index (Phi) is 4.42. The summed E-state index contributed by atoms with van der Waals surface area (Å²) < 4.78 is 0. The molecule has 0 unspecified atom stereocenters. The lowest BCUT2D eigenvalue weighted by atomic mass is 10.1. The molecular weight excluding hydrogens is 248 g/mol. The van der Waals surface area contributed by atoms with Crippen molar-refractivity contribution in [1.29, 1.82) is 0 Å². The summed E-state index contributed by atoms with van der Waals surface area (Å²) in [5, 5.41) is 8.41. The van der Waals surface area contributed by atoms with Crippen LogP contribution in [0.25, 0.3) is 10.8 Å². The third-order valence-corrected chi connectivity index (χ3v) is 2.92. The number of anilines is 1. The summed E-state index contributed by atoms with van der Waals surface area (Å²) in [6.45, 7) is 1.24. The van der Waals surface area contributed by atoms with Crippen LogP contribution in [-0.2, 0) is 4.79 Å². The maximum absolute atomic E-state index is 11.0. The summed E-state index contributed by atoms with van der Waals surface area (Å²) in [7, 11) is 0. The summed E-state index contributed by atoms with van der Waals surface area (Å²) in [5.74, 6) is -0.134. The van der Waals surface area contributed by atoms with Crippen LogP contribution in [-0.4, -0.2) is 24.9 Å². The molecule has 18 heavy (non-hydrogen) atoms. The molecule has 0 atom stereocenters. The van der Waals surface area contributed by atoms with Crippen LogP contribution in [0.15, 0.2) is 42.5 Å². The molecule has 0 saturated heterocycles. The Balaban J connectivity index is 1.97. The van der Waals surface area contributed by atoms with Crippen LogP contribution in [0, 0.1) is 0 Å². The van der Waals surface area contributed by atoms with Gasteiger partial charge in [-0.15, -0.1) is 11.6 Å².